The highest BCUT2D eigenvalue weighted by Gasteiger charge is 1.96. The van der Waals surface area contributed by atoms with Crippen LogP contribution in [0.4, 0.5) is 0 Å². The van der Waals surface area contributed by atoms with Crippen LogP contribution in [0.5, 0.6) is 0 Å². The van der Waals surface area contributed by atoms with Gasteiger partial charge in [0.2, 0.25) is 11.8 Å². The topological polar surface area (TPSA) is 58.2 Å². The SMILES string of the molecule is C=CC(=O)NC(=O)C=C.C=CCNCC=C.Cl. The maximum Gasteiger partial charge on any atom is 0.250 e. The van der Waals surface area contributed by atoms with E-state index < -0.39 is 11.8 Å². The number of hydrogen-bond donors (Lipinski definition) is 2. The molecule has 0 rings (SSSR count). The quantitative estimate of drug-likeness (QED) is 0.430. The number of nitrogens with one attached hydrogen (secondary N) is 2. The summed E-state index contributed by atoms with van der Waals surface area (Å²) in [5.41, 5.74) is 0. The first-order valence-corrected chi connectivity index (χ1v) is 4.64. The van der Waals surface area contributed by atoms with Gasteiger partial charge in [-0.2, -0.15) is 0 Å². The van der Waals surface area contributed by atoms with E-state index in [9.17, 15) is 9.59 Å². The van der Waals surface area contributed by atoms with Crippen LogP contribution in [0, 0.1) is 0 Å². The molecule has 2 N–H and O–H groups in total. The lowest BCUT2D eigenvalue weighted by atomic mass is 10.5. The van der Waals surface area contributed by atoms with Crippen molar-refractivity contribution in [1.29, 1.82) is 0 Å². The van der Waals surface area contributed by atoms with E-state index in [1.54, 1.807) is 0 Å². The molecule has 0 aromatic rings. The summed E-state index contributed by atoms with van der Waals surface area (Å²) in [7, 11) is 0. The minimum atomic E-state index is -0.514. The fourth-order valence-corrected chi connectivity index (χ4v) is 0.511. The largest absolute Gasteiger partial charge is 0.310 e. The Morgan fingerprint density at radius 1 is 0.882 bits per heavy atom. The Morgan fingerprint density at radius 3 is 1.47 bits per heavy atom. The van der Waals surface area contributed by atoms with E-state index in [0.717, 1.165) is 25.2 Å². The first-order valence-electron chi connectivity index (χ1n) is 4.64. The van der Waals surface area contributed by atoms with Gasteiger partial charge in [0.15, 0.2) is 0 Å². The van der Waals surface area contributed by atoms with Crippen molar-refractivity contribution < 1.29 is 9.59 Å². The molecule has 0 spiro atoms. The number of carbonyl (C=O) groups is 2. The molecule has 0 bridgehead atoms. The molecular formula is C12H19ClN2O2. The second-order valence-electron chi connectivity index (χ2n) is 2.50. The van der Waals surface area contributed by atoms with Crippen LogP contribution in [-0.4, -0.2) is 24.9 Å². The molecule has 17 heavy (non-hydrogen) atoms. The van der Waals surface area contributed by atoms with Crippen LogP contribution < -0.4 is 10.6 Å². The van der Waals surface area contributed by atoms with Gasteiger partial charge in [0.1, 0.15) is 0 Å². The van der Waals surface area contributed by atoms with E-state index in [4.69, 9.17) is 0 Å². The van der Waals surface area contributed by atoms with Gasteiger partial charge >= 0.3 is 0 Å². The summed E-state index contributed by atoms with van der Waals surface area (Å²) >= 11 is 0. The Hall–Kier alpha value is -1.65. The highest BCUT2D eigenvalue weighted by atomic mass is 35.5. The maximum atomic E-state index is 10.3. The van der Waals surface area contributed by atoms with Gasteiger partial charge in [0.05, 0.1) is 0 Å². The van der Waals surface area contributed by atoms with Crippen LogP contribution in [-0.2, 0) is 9.59 Å². The molecule has 5 heteroatoms. The van der Waals surface area contributed by atoms with Crippen molar-refractivity contribution >= 4 is 24.2 Å². The van der Waals surface area contributed by atoms with Crippen molar-refractivity contribution in [2.24, 2.45) is 0 Å². The van der Waals surface area contributed by atoms with Crippen LogP contribution >= 0.6 is 12.4 Å². The zero-order valence-electron chi connectivity index (χ0n) is 9.78. The molecule has 0 fully saturated rings. The monoisotopic (exact) mass is 258 g/mol. The summed E-state index contributed by atoms with van der Waals surface area (Å²) < 4.78 is 0. The lowest BCUT2D eigenvalue weighted by molar-refractivity contribution is -0.125. The Labute approximate surface area is 109 Å². The van der Waals surface area contributed by atoms with Gasteiger partial charge in [-0.1, -0.05) is 25.3 Å². The second-order valence-corrected chi connectivity index (χ2v) is 2.50. The fourth-order valence-electron chi connectivity index (χ4n) is 0.511. The molecule has 0 saturated carbocycles. The van der Waals surface area contributed by atoms with Gasteiger partial charge in [-0.3, -0.25) is 14.9 Å². The maximum absolute atomic E-state index is 10.3. The standard InChI is InChI=1S/C6H7NO2.C6H11N.ClH/c1-3-5(8)7-6(9)4-2;1-3-5-7-6-4-2;/h3-4H,1-2H2,(H,7,8,9);3-4,7H,1-2,5-6H2;1H. The average molecular weight is 259 g/mol. The average Bonchev–Trinajstić information content (AvgIpc) is 2.30. The van der Waals surface area contributed by atoms with Crippen molar-refractivity contribution in [2.45, 2.75) is 0 Å². The molecule has 0 saturated heterocycles. The van der Waals surface area contributed by atoms with E-state index in [0.29, 0.717) is 0 Å². The van der Waals surface area contributed by atoms with E-state index in [-0.39, 0.29) is 12.4 Å². The molecule has 96 valence electrons. The number of rotatable bonds is 6. The van der Waals surface area contributed by atoms with Crippen molar-refractivity contribution in [2.75, 3.05) is 13.1 Å². The zero-order valence-corrected chi connectivity index (χ0v) is 10.6. The van der Waals surface area contributed by atoms with E-state index >= 15 is 0 Å². The molecule has 4 nitrogen and oxygen atoms in total. The van der Waals surface area contributed by atoms with Gasteiger partial charge in [0, 0.05) is 13.1 Å². The molecular weight excluding hydrogens is 240 g/mol. The zero-order chi connectivity index (χ0) is 12.8. The molecule has 0 aliphatic carbocycles. The molecule has 0 heterocycles. The Balaban J connectivity index is -0.000000224. The van der Waals surface area contributed by atoms with Crippen LogP contribution in [0.15, 0.2) is 50.6 Å². The highest BCUT2D eigenvalue weighted by molar-refractivity contribution is 6.04. The van der Waals surface area contributed by atoms with Crippen molar-refractivity contribution in [3.05, 3.63) is 50.6 Å². The number of halogens is 1. The number of carbonyl (C=O) groups excluding carboxylic acids is 2. The lowest BCUT2D eigenvalue weighted by Crippen LogP contribution is -2.26. The van der Waals surface area contributed by atoms with E-state index in [1.807, 2.05) is 17.5 Å². The molecule has 0 aliphatic rings. The fraction of sp³-hybridized carbons (Fsp3) is 0.167. The molecule has 0 radical (unpaired) electrons. The summed E-state index contributed by atoms with van der Waals surface area (Å²) in [6, 6.07) is 0. The van der Waals surface area contributed by atoms with E-state index in [1.165, 1.54) is 0 Å². The highest BCUT2D eigenvalue weighted by Crippen LogP contribution is 1.68. The third kappa shape index (κ3) is 20.4. The third-order valence-electron chi connectivity index (χ3n) is 1.19. The van der Waals surface area contributed by atoms with Crippen molar-refractivity contribution in [1.82, 2.24) is 10.6 Å². The normalized spacial score (nSPS) is 7.29. The molecule has 2 amide bonds. The Kier molecular flexibility index (Phi) is 20.4. The first-order chi connectivity index (χ1) is 7.62. The summed E-state index contributed by atoms with van der Waals surface area (Å²) in [4.78, 5) is 20.6. The van der Waals surface area contributed by atoms with E-state index in [2.05, 4.69) is 31.6 Å². The first kappa shape index (κ1) is 20.7. The molecule has 0 atom stereocenters. The van der Waals surface area contributed by atoms with Gasteiger partial charge in [0.25, 0.3) is 0 Å². The number of imide groups is 1. The minimum absolute atomic E-state index is 0. The Morgan fingerprint density at radius 2 is 1.24 bits per heavy atom. The third-order valence-corrected chi connectivity index (χ3v) is 1.19. The van der Waals surface area contributed by atoms with Gasteiger partial charge in [-0.15, -0.1) is 25.6 Å². The van der Waals surface area contributed by atoms with Crippen LogP contribution in [0.1, 0.15) is 0 Å². The number of hydrogen-bond acceptors (Lipinski definition) is 3. The lowest BCUT2D eigenvalue weighted by Gasteiger charge is -1.91. The summed E-state index contributed by atoms with van der Waals surface area (Å²) in [5.74, 6) is -1.03. The van der Waals surface area contributed by atoms with Crippen LogP contribution in [0.2, 0.25) is 0 Å². The summed E-state index contributed by atoms with van der Waals surface area (Å²) in [6.45, 7) is 15.1. The molecule has 0 unspecified atom stereocenters. The molecule has 0 aromatic carbocycles. The predicted octanol–water partition coefficient (Wildman–Crippen LogP) is 1.37. The number of amides is 2. The Bertz CT molecular complexity index is 250. The summed E-state index contributed by atoms with van der Waals surface area (Å²) in [6.07, 6.45) is 5.68. The second kappa shape index (κ2) is 16.8. The molecule has 0 aromatic heterocycles. The van der Waals surface area contributed by atoms with Gasteiger partial charge in [-0.25, -0.2) is 0 Å². The summed E-state index contributed by atoms with van der Waals surface area (Å²) in [5, 5.41) is 5.01. The molecule has 0 aliphatic heterocycles. The van der Waals surface area contributed by atoms with Gasteiger partial charge < -0.3 is 5.32 Å². The van der Waals surface area contributed by atoms with Crippen molar-refractivity contribution in [3.8, 4) is 0 Å². The predicted molar refractivity (Wildman–Crippen MR) is 74.1 cm³/mol. The van der Waals surface area contributed by atoms with Crippen LogP contribution in [0.25, 0.3) is 0 Å². The minimum Gasteiger partial charge on any atom is -0.310 e. The smallest absolute Gasteiger partial charge is 0.250 e. The van der Waals surface area contributed by atoms with Crippen molar-refractivity contribution in [3.63, 3.8) is 0 Å². The van der Waals surface area contributed by atoms with Gasteiger partial charge in [-0.05, 0) is 12.2 Å². The van der Waals surface area contributed by atoms with Crippen LogP contribution in [0.3, 0.4) is 0 Å².